The van der Waals surface area contributed by atoms with Crippen molar-refractivity contribution in [2.75, 3.05) is 6.54 Å². The molecule has 1 aliphatic heterocycles. The lowest BCUT2D eigenvalue weighted by Gasteiger charge is -2.32. The average Bonchev–Trinajstić information content (AvgIpc) is 2.47. The number of amides is 1. The summed E-state index contributed by atoms with van der Waals surface area (Å²) in [6.45, 7) is 1.64. The molecule has 1 aliphatic rings. The van der Waals surface area contributed by atoms with Gasteiger partial charge in [0, 0.05) is 12.1 Å². The van der Waals surface area contributed by atoms with Gasteiger partial charge in [0.05, 0.1) is 4.90 Å². The molecule has 1 atom stereocenters. The number of Topliss-reactive ketones (excluding diaryl/α,β-unsaturated/α-hetero) is 1. The quantitative estimate of drug-likeness (QED) is 0.836. The first kappa shape index (κ1) is 15.7. The van der Waals surface area contributed by atoms with Crippen LogP contribution in [0.4, 0.5) is 0 Å². The van der Waals surface area contributed by atoms with Crippen LogP contribution in [-0.2, 0) is 14.8 Å². The molecule has 1 aromatic rings. The van der Waals surface area contributed by atoms with Crippen molar-refractivity contribution < 1.29 is 18.0 Å². The van der Waals surface area contributed by atoms with E-state index in [1.807, 2.05) is 0 Å². The zero-order chi connectivity index (χ0) is 15.6. The summed E-state index contributed by atoms with van der Waals surface area (Å²) in [6, 6.07) is 5.03. The van der Waals surface area contributed by atoms with Crippen LogP contribution in [0.25, 0.3) is 0 Å². The van der Waals surface area contributed by atoms with Crippen molar-refractivity contribution >= 4 is 21.7 Å². The topological polar surface area (TPSA) is 97.5 Å². The molecular formula is C14H18N2O4S. The molecule has 1 saturated heterocycles. The van der Waals surface area contributed by atoms with Crippen LogP contribution < -0.4 is 5.73 Å². The summed E-state index contributed by atoms with van der Waals surface area (Å²) >= 11 is 0. The highest BCUT2D eigenvalue weighted by Gasteiger charge is 2.36. The number of benzene rings is 1. The summed E-state index contributed by atoms with van der Waals surface area (Å²) in [5.74, 6) is -0.849. The molecule has 2 rings (SSSR count). The Balaban J connectivity index is 2.43. The van der Waals surface area contributed by atoms with Crippen molar-refractivity contribution in [2.24, 2.45) is 5.73 Å². The van der Waals surface area contributed by atoms with Gasteiger partial charge in [-0.3, -0.25) is 9.59 Å². The van der Waals surface area contributed by atoms with E-state index >= 15 is 0 Å². The van der Waals surface area contributed by atoms with Gasteiger partial charge in [-0.15, -0.1) is 0 Å². The summed E-state index contributed by atoms with van der Waals surface area (Å²) in [4.78, 5) is 22.9. The van der Waals surface area contributed by atoms with Crippen LogP contribution in [0, 0.1) is 0 Å². The first-order valence-corrected chi connectivity index (χ1v) is 8.20. The highest BCUT2D eigenvalue weighted by molar-refractivity contribution is 7.89. The minimum atomic E-state index is -3.83. The fraction of sp³-hybridized carbons (Fsp3) is 0.429. The van der Waals surface area contributed by atoms with E-state index in [0.717, 1.165) is 10.7 Å². The Hall–Kier alpha value is -1.73. The number of nitrogens with zero attached hydrogens (tertiary/aromatic N) is 1. The lowest BCUT2D eigenvalue weighted by molar-refractivity contribution is -0.122. The zero-order valence-electron chi connectivity index (χ0n) is 11.8. The van der Waals surface area contributed by atoms with Crippen LogP contribution in [0.3, 0.4) is 0 Å². The van der Waals surface area contributed by atoms with Gasteiger partial charge in [0.2, 0.25) is 15.9 Å². The number of carbonyl (C=O) groups excluding carboxylic acids is 2. The van der Waals surface area contributed by atoms with Gasteiger partial charge in [-0.25, -0.2) is 8.42 Å². The molecule has 1 heterocycles. The molecule has 21 heavy (non-hydrogen) atoms. The number of hydrogen-bond acceptors (Lipinski definition) is 4. The van der Waals surface area contributed by atoms with E-state index < -0.39 is 22.0 Å². The minimum absolute atomic E-state index is 0.0170. The summed E-state index contributed by atoms with van der Waals surface area (Å²) in [6.07, 6.45) is 1.89. The number of carbonyl (C=O) groups is 2. The van der Waals surface area contributed by atoms with Crippen molar-refractivity contribution in [2.45, 2.75) is 37.1 Å². The first-order chi connectivity index (χ1) is 9.84. The van der Waals surface area contributed by atoms with E-state index in [1.165, 1.54) is 25.1 Å². The summed E-state index contributed by atoms with van der Waals surface area (Å²) < 4.78 is 26.5. The number of primary amides is 1. The Bertz CT molecular complexity index is 669. The first-order valence-electron chi connectivity index (χ1n) is 6.76. The number of sulfonamides is 1. The predicted octanol–water partition coefficient (Wildman–Crippen LogP) is 0.918. The van der Waals surface area contributed by atoms with Crippen molar-refractivity contribution in [3.8, 4) is 0 Å². The van der Waals surface area contributed by atoms with Gasteiger partial charge in [-0.1, -0.05) is 18.6 Å². The maximum atomic E-state index is 12.7. The average molecular weight is 310 g/mol. The molecule has 114 valence electrons. The number of ketones is 1. The second-order valence-corrected chi connectivity index (χ2v) is 7.00. The smallest absolute Gasteiger partial charge is 0.243 e. The fourth-order valence-electron chi connectivity index (χ4n) is 2.49. The highest BCUT2D eigenvalue weighted by Crippen LogP contribution is 2.25. The molecule has 6 nitrogen and oxygen atoms in total. The van der Waals surface area contributed by atoms with Crippen LogP contribution in [-0.4, -0.2) is 37.0 Å². The molecule has 0 aromatic heterocycles. The molecule has 2 N–H and O–H groups in total. The van der Waals surface area contributed by atoms with Gasteiger partial charge in [0.1, 0.15) is 6.04 Å². The molecule has 1 fully saturated rings. The van der Waals surface area contributed by atoms with Crippen LogP contribution in [0.2, 0.25) is 0 Å². The Morgan fingerprint density at radius 2 is 2.00 bits per heavy atom. The van der Waals surface area contributed by atoms with E-state index in [4.69, 9.17) is 5.73 Å². The van der Waals surface area contributed by atoms with Crippen molar-refractivity contribution in [1.82, 2.24) is 4.31 Å². The Kier molecular flexibility index (Phi) is 4.43. The molecular weight excluding hydrogens is 292 g/mol. The summed E-state index contributed by atoms with van der Waals surface area (Å²) in [7, 11) is -3.83. The van der Waals surface area contributed by atoms with Crippen LogP contribution in [0.15, 0.2) is 29.2 Å². The van der Waals surface area contributed by atoms with Crippen LogP contribution in [0.5, 0.6) is 0 Å². The van der Waals surface area contributed by atoms with Gasteiger partial charge >= 0.3 is 0 Å². The molecule has 0 aliphatic carbocycles. The van der Waals surface area contributed by atoms with Gasteiger partial charge in [0.25, 0.3) is 0 Å². The standard InChI is InChI=1S/C14H18N2O4S/c1-10(17)11-5-4-6-12(9-11)21(19,20)16-8-3-2-7-13(16)14(15)18/h4-6,9,13H,2-3,7-8H2,1H3,(H2,15,18). The number of nitrogens with two attached hydrogens (primary N) is 1. The van der Waals surface area contributed by atoms with Crippen molar-refractivity contribution in [3.05, 3.63) is 29.8 Å². The number of hydrogen-bond donors (Lipinski definition) is 1. The lowest BCUT2D eigenvalue weighted by Crippen LogP contribution is -2.50. The van der Waals surface area contributed by atoms with E-state index in [-0.39, 0.29) is 17.2 Å². The second-order valence-electron chi connectivity index (χ2n) is 5.11. The normalized spacial score (nSPS) is 20.1. The third-order valence-electron chi connectivity index (χ3n) is 3.63. The number of piperidine rings is 1. The van der Waals surface area contributed by atoms with Gasteiger partial charge in [-0.2, -0.15) is 4.31 Å². The predicted molar refractivity (Wildman–Crippen MR) is 77.2 cm³/mol. The third kappa shape index (κ3) is 3.14. The largest absolute Gasteiger partial charge is 0.368 e. The Labute approximate surface area is 124 Å². The SMILES string of the molecule is CC(=O)c1cccc(S(=O)(=O)N2CCCCC2C(N)=O)c1. The van der Waals surface area contributed by atoms with E-state index in [0.29, 0.717) is 18.4 Å². The fourth-order valence-corrected chi connectivity index (χ4v) is 4.20. The number of rotatable bonds is 4. The molecule has 0 bridgehead atoms. The zero-order valence-corrected chi connectivity index (χ0v) is 12.6. The van der Waals surface area contributed by atoms with Gasteiger partial charge in [0.15, 0.2) is 5.78 Å². The lowest BCUT2D eigenvalue weighted by atomic mass is 10.0. The second kappa shape index (κ2) is 5.95. The van der Waals surface area contributed by atoms with Crippen molar-refractivity contribution in [1.29, 1.82) is 0 Å². The van der Waals surface area contributed by atoms with Crippen LogP contribution in [0.1, 0.15) is 36.5 Å². The van der Waals surface area contributed by atoms with Gasteiger partial charge in [-0.05, 0) is 31.9 Å². The Morgan fingerprint density at radius 1 is 1.29 bits per heavy atom. The molecule has 7 heteroatoms. The van der Waals surface area contributed by atoms with Crippen LogP contribution >= 0.6 is 0 Å². The molecule has 1 aromatic carbocycles. The molecule has 0 saturated carbocycles. The molecule has 1 unspecified atom stereocenters. The minimum Gasteiger partial charge on any atom is -0.368 e. The molecule has 1 amide bonds. The summed E-state index contributed by atoms with van der Waals surface area (Å²) in [5, 5.41) is 0. The van der Waals surface area contributed by atoms with E-state index in [1.54, 1.807) is 6.07 Å². The molecule has 0 radical (unpaired) electrons. The highest BCUT2D eigenvalue weighted by atomic mass is 32.2. The summed E-state index contributed by atoms with van der Waals surface area (Å²) in [5.41, 5.74) is 5.63. The van der Waals surface area contributed by atoms with E-state index in [2.05, 4.69) is 0 Å². The maximum absolute atomic E-state index is 12.7. The monoisotopic (exact) mass is 310 g/mol. The molecule has 0 spiro atoms. The Morgan fingerprint density at radius 3 is 2.62 bits per heavy atom. The van der Waals surface area contributed by atoms with E-state index in [9.17, 15) is 18.0 Å². The van der Waals surface area contributed by atoms with Crippen molar-refractivity contribution in [3.63, 3.8) is 0 Å². The third-order valence-corrected chi connectivity index (χ3v) is 5.53. The maximum Gasteiger partial charge on any atom is 0.243 e. The van der Waals surface area contributed by atoms with Gasteiger partial charge < -0.3 is 5.73 Å².